The summed E-state index contributed by atoms with van der Waals surface area (Å²) in [7, 11) is 0. The monoisotopic (exact) mass is 275 g/mol. The van der Waals surface area contributed by atoms with E-state index in [0.29, 0.717) is 17.0 Å². The first-order valence-electron chi connectivity index (χ1n) is 7.02. The molecule has 21 heavy (non-hydrogen) atoms. The van der Waals surface area contributed by atoms with E-state index in [2.05, 4.69) is 11.1 Å². The predicted octanol–water partition coefficient (Wildman–Crippen LogP) is 3.07. The van der Waals surface area contributed by atoms with E-state index in [0.717, 1.165) is 29.5 Å². The molecule has 0 bridgehead atoms. The Morgan fingerprint density at radius 2 is 2.00 bits per heavy atom. The molecule has 2 aromatic heterocycles. The van der Waals surface area contributed by atoms with Crippen molar-refractivity contribution in [3.63, 3.8) is 0 Å². The van der Waals surface area contributed by atoms with Gasteiger partial charge in [0.05, 0.1) is 5.56 Å². The fourth-order valence-electron chi connectivity index (χ4n) is 2.85. The molecule has 4 rings (SSSR count). The molecule has 1 fully saturated rings. The van der Waals surface area contributed by atoms with Gasteiger partial charge in [0.25, 0.3) is 5.56 Å². The lowest BCUT2D eigenvalue weighted by molar-refractivity contribution is 0.967. The van der Waals surface area contributed by atoms with Crippen molar-refractivity contribution in [3.8, 4) is 11.8 Å². The third kappa shape index (κ3) is 1.78. The van der Waals surface area contributed by atoms with Crippen molar-refractivity contribution in [1.82, 2.24) is 9.55 Å². The zero-order valence-corrected chi connectivity index (χ0v) is 11.3. The van der Waals surface area contributed by atoms with Crippen molar-refractivity contribution in [1.29, 1.82) is 5.26 Å². The van der Waals surface area contributed by atoms with Crippen LogP contribution in [0, 0.1) is 11.3 Å². The number of benzene rings is 1. The Morgan fingerprint density at radius 3 is 2.67 bits per heavy atom. The molecule has 4 heteroatoms. The smallest absolute Gasteiger partial charge is 0.279 e. The average molecular weight is 275 g/mol. The number of aromatic amines is 1. The van der Waals surface area contributed by atoms with Crippen LogP contribution in [-0.4, -0.2) is 9.55 Å². The van der Waals surface area contributed by atoms with E-state index < -0.39 is 0 Å². The number of para-hydroxylation sites is 1. The Balaban J connectivity index is 2.09. The van der Waals surface area contributed by atoms with Gasteiger partial charge in [-0.2, -0.15) is 5.26 Å². The van der Waals surface area contributed by atoms with Crippen molar-refractivity contribution < 1.29 is 0 Å². The molecule has 2 heterocycles. The fourth-order valence-corrected chi connectivity index (χ4v) is 2.85. The summed E-state index contributed by atoms with van der Waals surface area (Å²) in [6.45, 7) is 0. The highest BCUT2D eigenvalue weighted by atomic mass is 16.1. The van der Waals surface area contributed by atoms with Gasteiger partial charge in [0.2, 0.25) is 0 Å². The second kappa shape index (κ2) is 4.35. The summed E-state index contributed by atoms with van der Waals surface area (Å²) in [5, 5.41) is 10.1. The van der Waals surface area contributed by atoms with Crippen LogP contribution in [0.5, 0.6) is 0 Å². The first-order valence-corrected chi connectivity index (χ1v) is 7.02. The minimum absolute atomic E-state index is 0.109. The van der Waals surface area contributed by atoms with Gasteiger partial charge in [0.1, 0.15) is 11.6 Å². The molecular formula is C17H13N3O. The Morgan fingerprint density at radius 1 is 1.24 bits per heavy atom. The van der Waals surface area contributed by atoms with Crippen LogP contribution >= 0.6 is 0 Å². The van der Waals surface area contributed by atoms with E-state index in [9.17, 15) is 10.1 Å². The van der Waals surface area contributed by atoms with Gasteiger partial charge >= 0.3 is 0 Å². The van der Waals surface area contributed by atoms with Gasteiger partial charge in [-0.05, 0) is 36.5 Å². The van der Waals surface area contributed by atoms with E-state index in [-0.39, 0.29) is 5.56 Å². The second-order valence-corrected chi connectivity index (χ2v) is 5.43. The highest BCUT2D eigenvalue weighted by molar-refractivity contribution is 5.89. The largest absolute Gasteiger partial charge is 0.355 e. The molecule has 0 unspecified atom stereocenters. The molecule has 0 spiro atoms. The van der Waals surface area contributed by atoms with Gasteiger partial charge in [0, 0.05) is 23.5 Å². The summed E-state index contributed by atoms with van der Waals surface area (Å²) >= 11 is 0. The summed E-state index contributed by atoms with van der Waals surface area (Å²) in [5.41, 5.74) is 2.93. The maximum Gasteiger partial charge on any atom is 0.279 e. The molecule has 1 N–H and O–H groups in total. The molecule has 102 valence electrons. The van der Waals surface area contributed by atoms with Crippen LogP contribution < -0.4 is 5.56 Å². The van der Waals surface area contributed by atoms with Crippen LogP contribution in [0.2, 0.25) is 0 Å². The summed E-state index contributed by atoms with van der Waals surface area (Å²) < 4.78 is 1.67. The predicted molar refractivity (Wildman–Crippen MR) is 80.6 cm³/mol. The fraction of sp³-hybridized carbons (Fsp3) is 0.176. The van der Waals surface area contributed by atoms with E-state index >= 15 is 0 Å². The Labute approximate surface area is 121 Å². The van der Waals surface area contributed by atoms with Crippen molar-refractivity contribution in [2.24, 2.45) is 0 Å². The summed E-state index contributed by atoms with van der Waals surface area (Å²) in [5.74, 6) is 0.464. The van der Waals surface area contributed by atoms with Crippen LogP contribution in [0.25, 0.3) is 16.6 Å². The maximum atomic E-state index is 12.7. The molecule has 0 aliphatic heterocycles. The first kappa shape index (κ1) is 12.0. The SMILES string of the molecule is N#Cc1c[nH]c2c(=O)n(-c3ccccc3)cc(C3CC3)c12. The lowest BCUT2D eigenvalue weighted by Gasteiger charge is -2.10. The highest BCUT2D eigenvalue weighted by Gasteiger charge is 2.28. The number of hydrogen-bond acceptors (Lipinski definition) is 2. The number of nitrogens with zero attached hydrogens (tertiary/aromatic N) is 2. The molecular weight excluding hydrogens is 262 g/mol. The molecule has 1 aromatic carbocycles. The van der Waals surface area contributed by atoms with Crippen LogP contribution in [0.15, 0.2) is 47.5 Å². The Hall–Kier alpha value is -2.80. The van der Waals surface area contributed by atoms with Crippen LogP contribution in [0.1, 0.15) is 29.9 Å². The minimum Gasteiger partial charge on any atom is -0.355 e. The third-order valence-electron chi connectivity index (χ3n) is 4.04. The molecule has 0 amide bonds. The Bertz CT molecular complexity index is 924. The van der Waals surface area contributed by atoms with Gasteiger partial charge < -0.3 is 4.98 Å². The zero-order chi connectivity index (χ0) is 14.4. The quantitative estimate of drug-likeness (QED) is 0.781. The molecule has 0 saturated heterocycles. The number of pyridine rings is 1. The van der Waals surface area contributed by atoms with Crippen molar-refractivity contribution in [2.75, 3.05) is 0 Å². The number of fused-ring (bicyclic) bond motifs is 1. The normalized spacial score (nSPS) is 14.2. The van der Waals surface area contributed by atoms with E-state index in [4.69, 9.17) is 0 Å². The number of nitrogens with one attached hydrogen (secondary N) is 1. The van der Waals surface area contributed by atoms with Gasteiger partial charge in [-0.15, -0.1) is 0 Å². The molecule has 4 nitrogen and oxygen atoms in total. The standard InChI is InChI=1S/C17H13N3O/c18-8-12-9-19-16-15(12)14(11-6-7-11)10-20(17(16)21)13-4-2-1-3-5-13/h1-5,9-11,19H,6-7H2. The van der Waals surface area contributed by atoms with E-state index in [1.54, 1.807) is 10.8 Å². The summed E-state index contributed by atoms with van der Waals surface area (Å²) in [6, 6.07) is 11.8. The Kier molecular flexibility index (Phi) is 2.48. The highest BCUT2D eigenvalue weighted by Crippen LogP contribution is 2.43. The summed E-state index contributed by atoms with van der Waals surface area (Å²) in [4.78, 5) is 15.7. The van der Waals surface area contributed by atoms with Gasteiger partial charge in [-0.3, -0.25) is 9.36 Å². The molecule has 1 aliphatic carbocycles. The summed E-state index contributed by atoms with van der Waals surface area (Å²) in [6.07, 6.45) is 5.79. The second-order valence-electron chi connectivity index (χ2n) is 5.43. The maximum absolute atomic E-state index is 12.7. The van der Waals surface area contributed by atoms with Crippen LogP contribution in [-0.2, 0) is 0 Å². The van der Waals surface area contributed by atoms with Crippen LogP contribution in [0.4, 0.5) is 0 Å². The molecule has 0 radical (unpaired) electrons. The van der Waals surface area contributed by atoms with Gasteiger partial charge in [-0.25, -0.2) is 0 Å². The van der Waals surface area contributed by atoms with Gasteiger partial charge in [0.15, 0.2) is 0 Å². The number of rotatable bonds is 2. The number of hydrogen-bond donors (Lipinski definition) is 1. The third-order valence-corrected chi connectivity index (χ3v) is 4.04. The molecule has 3 aromatic rings. The number of aromatic nitrogens is 2. The average Bonchev–Trinajstić information content (AvgIpc) is 3.27. The van der Waals surface area contributed by atoms with E-state index in [1.165, 1.54) is 0 Å². The lowest BCUT2D eigenvalue weighted by Crippen LogP contribution is -2.19. The van der Waals surface area contributed by atoms with Crippen molar-refractivity contribution in [3.05, 3.63) is 64.2 Å². The van der Waals surface area contributed by atoms with Gasteiger partial charge in [-0.1, -0.05) is 18.2 Å². The zero-order valence-electron chi connectivity index (χ0n) is 11.3. The number of nitriles is 1. The molecule has 0 atom stereocenters. The lowest BCUT2D eigenvalue weighted by atomic mass is 10.1. The molecule has 1 aliphatic rings. The minimum atomic E-state index is -0.109. The first-order chi connectivity index (χ1) is 10.3. The van der Waals surface area contributed by atoms with E-state index in [1.807, 2.05) is 36.5 Å². The molecule has 1 saturated carbocycles. The number of H-pyrrole nitrogens is 1. The topological polar surface area (TPSA) is 61.6 Å². The van der Waals surface area contributed by atoms with Crippen molar-refractivity contribution in [2.45, 2.75) is 18.8 Å². The van der Waals surface area contributed by atoms with Crippen LogP contribution in [0.3, 0.4) is 0 Å². The van der Waals surface area contributed by atoms with Crippen molar-refractivity contribution >= 4 is 10.9 Å².